The van der Waals surface area contributed by atoms with E-state index in [0.29, 0.717) is 35.7 Å². The molecule has 0 spiro atoms. The van der Waals surface area contributed by atoms with Crippen molar-refractivity contribution < 1.29 is 23.4 Å². The number of furan rings is 1. The predicted molar refractivity (Wildman–Crippen MR) is 196 cm³/mol. The van der Waals surface area contributed by atoms with Gasteiger partial charge in [0.25, 0.3) is 0 Å². The first-order chi connectivity index (χ1) is 24.1. The molecule has 7 nitrogen and oxygen atoms in total. The molecule has 1 aliphatic heterocycles. The van der Waals surface area contributed by atoms with Crippen LogP contribution < -0.4 is 9.47 Å². The summed E-state index contributed by atoms with van der Waals surface area (Å²) in [5.41, 5.74) is 4.05. The highest BCUT2D eigenvalue weighted by molar-refractivity contribution is 6.19. The SMILES string of the molecule is CN(CCCCCCCOc1ccc(-c2oc3ccccc3c2C(=O)c2ccc(OCCN3CCOCC3)cc2)cc1)Cc1ccccc1. The third-order valence-corrected chi connectivity index (χ3v) is 9.08. The number of hydrogen-bond acceptors (Lipinski definition) is 7. The molecule has 7 heteroatoms. The van der Waals surface area contributed by atoms with E-state index in [1.807, 2.05) is 72.8 Å². The number of rotatable bonds is 18. The highest BCUT2D eigenvalue weighted by Crippen LogP contribution is 2.36. The summed E-state index contributed by atoms with van der Waals surface area (Å²) < 4.78 is 23.7. The lowest BCUT2D eigenvalue weighted by atomic mass is 9.97. The van der Waals surface area contributed by atoms with Gasteiger partial charge in [-0.15, -0.1) is 0 Å². The van der Waals surface area contributed by atoms with E-state index in [1.165, 1.54) is 24.8 Å². The van der Waals surface area contributed by atoms with Crippen LogP contribution in [0, 0.1) is 0 Å². The van der Waals surface area contributed by atoms with Gasteiger partial charge in [-0.2, -0.15) is 0 Å². The summed E-state index contributed by atoms with van der Waals surface area (Å²) in [6.45, 7) is 7.67. The number of para-hydroxylation sites is 1. The molecule has 1 saturated heterocycles. The maximum absolute atomic E-state index is 13.9. The molecule has 6 rings (SSSR count). The van der Waals surface area contributed by atoms with Gasteiger partial charge in [-0.3, -0.25) is 9.69 Å². The summed E-state index contributed by atoms with van der Waals surface area (Å²) in [7, 11) is 2.20. The van der Waals surface area contributed by atoms with Crippen molar-refractivity contribution in [1.29, 1.82) is 0 Å². The van der Waals surface area contributed by atoms with Gasteiger partial charge in [0.2, 0.25) is 0 Å². The van der Waals surface area contributed by atoms with Crippen molar-refractivity contribution in [2.45, 2.75) is 38.6 Å². The van der Waals surface area contributed by atoms with Gasteiger partial charge >= 0.3 is 0 Å². The Balaban J connectivity index is 0.983. The highest BCUT2D eigenvalue weighted by Gasteiger charge is 2.23. The molecule has 0 unspecified atom stereocenters. The van der Waals surface area contributed by atoms with Gasteiger partial charge in [0.15, 0.2) is 5.78 Å². The molecule has 1 aliphatic rings. The molecule has 5 aromatic rings. The largest absolute Gasteiger partial charge is 0.494 e. The third-order valence-electron chi connectivity index (χ3n) is 9.08. The molecule has 0 aliphatic carbocycles. The number of carbonyl (C=O) groups is 1. The first-order valence-electron chi connectivity index (χ1n) is 17.7. The molecule has 256 valence electrons. The molecule has 0 atom stereocenters. The average molecular weight is 661 g/mol. The summed E-state index contributed by atoms with van der Waals surface area (Å²) in [5.74, 6) is 2.06. The number of carbonyl (C=O) groups excluding carboxylic acids is 1. The summed E-state index contributed by atoms with van der Waals surface area (Å²) in [6, 6.07) is 33.6. The Morgan fingerprint density at radius 3 is 2.16 bits per heavy atom. The van der Waals surface area contributed by atoms with Crippen molar-refractivity contribution in [2.24, 2.45) is 0 Å². The zero-order valence-corrected chi connectivity index (χ0v) is 28.7. The van der Waals surface area contributed by atoms with E-state index in [-0.39, 0.29) is 5.78 Å². The summed E-state index contributed by atoms with van der Waals surface area (Å²) >= 11 is 0. The first-order valence-corrected chi connectivity index (χ1v) is 17.7. The number of benzene rings is 4. The lowest BCUT2D eigenvalue weighted by Crippen LogP contribution is -2.38. The van der Waals surface area contributed by atoms with Crippen molar-refractivity contribution in [2.75, 3.05) is 59.7 Å². The van der Waals surface area contributed by atoms with Crippen LogP contribution in [0.4, 0.5) is 0 Å². The topological polar surface area (TPSA) is 64.4 Å². The Morgan fingerprint density at radius 2 is 1.39 bits per heavy atom. The van der Waals surface area contributed by atoms with Crippen molar-refractivity contribution >= 4 is 16.8 Å². The molecule has 0 bridgehead atoms. The smallest absolute Gasteiger partial charge is 0.197 e. The van der Waals surface area contributed by atoms with E-state index in [4.69, 9.17) is 18.6 Å². The normalized spacial score (nSPS) is 13.6. The van der Waals surface area contributed by atoms with Crippen LogP contribution in [0.25, 0.3) is 22.3 Å². The van der Waals surface area contributed by atoms with Gasteiger partial charge in [-0.25, -0.2) is 0 Å². The molecule has 0 N–H and O–H groups in total. The van der Waals surface area contributed by atoms with Crippen molar-refractivity contribution in [1.82, 2.24) is 9.80 Å². The van der Waals surface area contributed by atoms with Gasteiger partial charge in [0.1, 0.15) is 29.4 Å². The summed E-state index contributed by atoms with van der Waals surface area (Å²) in [5, 5.41) is 0.802. The Kier molecular flexibility index (Phi) is 12.5. The van der Waals surface area contributed by atoms with E-state index in [9.17, 15) is 4.79 Å². The Bertz CT molecular complexity index is 1730. The number of morpholine rings is 1. The number of ketones is 1. The van der Waals surface area contributed by atoms with Crippen LogP contribution in [0.2, 0.25) is 0 Å². The number of unbranched alkanes of at least 4 members (excludes halogenated alkanes) is 4. The minimum atomic E-state index is -0.0806. The molecule has 49 heavy (non-hydrogen) atoms. The van der Waals surface area contributed by atoms with E-state index in [0.717, 1.165) is 81.2 Å². The molecule has 1 fully saturated rings. The van der Waals surface area contributed by atoms with Gasteiger partial charge in [0, 0.05) is 42.7 Å². The van der Waals surface area contributed by atoms with Crippen LogP contribution in [0.3, 0.4) is 0 Å². The first kappa shape index (κ1) is 34.4. The van der Waals surface area contributed by atoms with Gasteiger partial charge in [-0.05, 0) is 86.6 Å². The zero-order valence-electron chi connectivity index (χ0n) is 28.7. The van der Waals surface area contributed by atoms with Crippen LogP contribution in [-0.2, 0) is 11.3 Å². The second-order valence-corrected chi connectivity index (χ2v) is 12.8. The fraction of sp³-hybridized carbons (Fsp3) is 0.357. The third kappa shape index (κ3) is 9.82. The van der Waals surface area contributed by atoms with Gasteiger partial charge in [-0.1, -0.05) is 67.8 Å². The van der Waals surface area contributed by atoms with E-state index < -0.39 is 0 Å². The molecule has 0 radical (unpaired) electrons. The van der Waals surface area contributed by atoms with Crippen molar-refractivity contribution in [3.63, 3.8) is 0 Å². The lowest BCUT2D eigenvalue weighted by Gasteiger charge is -2.26. The molecule has 1 aromatic heterocycles. The fourth-order valence-corrected chi connectivity index (χ4v) is 6.32. The minimum absolute atomic E-state index is 0.0806. The van der Waals surface area contributed by atoms with E-state index in [2.05, 4.69) is 47.2 Å². The summed E-state index contributed by atoms with van der Waals surface area (Å²) in [6.07, 6.45) is 5.86. The Morgan fingerprint density at radius 1 is 0.735 bits per heavy atom. The molecule has 0 amide bonds. The molecule has 0 saturated carbocycles. The van der Waals surface area contributed by atoms with Gasteiger partial charge in [0.05, 0.1) is 25.4 Å². The molecule has 4 aromatic carbocycles. The zero-order chi connectivity index (χ0) is 33.7. The second-order valence-electron chi connectivity index (χ2n) is 12.8. The number of nitrogens with zero attached hydrogens (tertiary/aromatic N) is 2. The number of ether oxygens (including phenoxy) is 3. The van der Waals surface area contributed by atoms with Gasteiger partial charge < -0.3 is 23.5 Å². The fourth-order valence-electron chi connectivity index (χ4n) is 6.32. The van der Waals surface area contributed by atoms with E-state index >= 15 is 0 Å². The van der Waals surface area contributed by atoms with Crippen LogP contribution in [0.5, 0.6) is 11.5 Å². The second kappa shape index (κ2) is 17.8. The molecular weight excluding hydrogens is 612 g/mol. The maximum atomic E-state index is 13.9. The van der Waals surface area contributed by atoms with Crippen LogP contribution in [0.1, 0.15) is 53.6 Å². The van der Waals surface area contributed by atoms with Crippen LogP contribution >= 0.6 is 0 Å². The quantitative estimate of drug-likeness (QED) is 0.0690. The Labute approximate surface area is 290 Å². The number of hydrogen-bond donors (Lipinski definition) is 0. The Hall–Kier alpha value is -4.43. The highest BCUT2D eigenvalue weighted by atomic mass is 16.5. The van der Waals surface area contributed by atoms with Crippen LogP contribution in [-0.4, -0.2) is 75.2 Å². The minimum Gasteiger partial charge on any atom is -0.494 e. The number of fused-ring (bicyclic) bond motifs is 1. The molecular formula is C42H48N2O5. The predicted octanol–water partition coefficient (Wildman–Crippen LogP) is 8.50. The molecule has 2 heterocycles. The summed E-state index contributed by atoms with van der Waals surface area (Å²) in [4.78, 5) is 18.7. The van der Waals surface area contributed by atoms with Crippen molar-refractivity contribution in [3.05, 3.63) is 120 Å². The maximum Gasteiger partial charge on any atom is 0.197 e. The monoisotopic (exact) mass is 660 g/mol. The van der Waals surface area contributed by atoms with Crippen LogP contribution in [0.15, 0.2) is 108 Å². The standard InChI is InChI=1S/C42H48N2O5/c1-43(32-33-12-6-5-7-13-33)24-10-3-2-4-11-28-47-36-22-18-35(19-23-36)42-40(38-14-8-9-15-39(38)49-42)41(45)34-16-20-37(21-17-34)48-31-27-44-25-29-46-30-26-44/h5-9,12-23H,2-4,10-11,24-32H2,1H3. The lowest BCUT2D eigenvalue weighted by molar-refractivity contribution is 0.0322. The van der Waals surface area contributed by atoms with E-state index in [1.54, 1.807) is 0 Å². The van der Waals surface area contributed by atoms with Crippen molar-refractivity contribution in [3.8, 4) is 22.8 Å². The average Bonchev–Trinajstić information content (AvgIpc) is 3.53.